The van der Waals surface area contributed by atoms with E-state index in [1.807, 2.05) is 19.1 Å². The molecule has 0 aromatic carbocycles. The number of hydrogen-bond donors (Lipinski definition) is 0. The van der Waals surface area contributed by atoms with E-state index < -0.39 is 6.17 Å². The molecule has 2 nitrogen and oxygen atoms in total. The SMILES string of the molecule is Cc1cc(CC(C)F)nc(-n2c(C)ccc2C)c1. The average Bonchev–Trinajstić information content (AvgIpc) is 2.56. The Morgan fingerprint density at radius 2 is 1.78 bits per heavy atom. The first-order chi connectivity index (χ1) is 8.47. The van der Waals surface area contributed by atoms with Crippen molar-refractivity contribution in [2.75, 3.05) is 0 Å². The summed E-state index contributed by atoms with van der Waals surface area (Å²) in [4.78, 5) is 4.56. The van der Waals surface area contributed by atoms with Gasteiger partial charge in [-0.05, 0) is 57.5 Å². The third kappa shape index (κ3) is 2.61. The summed E-state index contributed by atoms with van der Waals surface area (Å²) < 4.78 is 15.2. The van der Waals surface area contributed by atoms with Gasteiger partial charge in [-0.3, -0.25) is 0 Å². The van der Waals surface area contributed by atoms with E-state index in [0.717, 1.165) is 28.5 Å². The molecule has 0 fully saturated rings. The summed E-state index contributed by atoms with van der Waals surface area (Å²) in [5.41, 5.74) is 4.21. The number of rotatable bonds is 3. The molecule has 2 heterocycles. The number of hydrogen-bond acceptors (Lipinski definition) is 1. The van der Waals surface area contributed by atoms with Crippen LogP contribution in [0.5, 0.6) is 0 Å². The van der Waals surface area contributed by atoms with Crippen LogP contribution < -0.4 is 0 Å². The number of halogens is 1. The lowest BCUT2D eigenvalue weighted by Crippen LogP contribution is -2.07. The zero-order valence-electron chi connectivity index (χ0n) is 11.4. The fraction of sp³-hybridized carbons (Fsp3) is 0.400. The van der Waals surface area contributed by atoms with Crippen LogP contribution >= 0.6 is 0 Å². The second-order valence-electron chi connectivity index (χ2n) is 4.93. The largest absolute Gasteiger partial charge is 0.303 e. The van der Waals surface area contributed by atoms with Gasteiger partial charge in [0.05, 0.1) is 0 Å². The molecule has 2 rings (SSSR count). The molecule has 0 spiro atoms. The standard InChI is InChI=1S/C15H19FN2/c1-10-7-14(9-11(2)16)17-15(8-10)18-12(3)5-6-13(18)4/h5-8,11H,9H2,1-4H3. The van der Waals surface area contributed by atoms with Crippen molar-refractivity contribution in [3.63, 3.8) is 0 Å². The van der Waals surface area contributed by atoms with Crippen molar-refractivity contribution in [3.05, 3.63) is 46.9 Å². The van der Waals surface area contributed by atoms with Crippen LogP contribution in [0.4, 0.5) is 4.39 Å². The molecular weight excluding hydrogens is 227 g/mol. The van der Waals surface area contributed by atoms with E-state index >= 15 is 0 Å². The maximum absolute atomic E-state index is 13.1. The third-order valence-electron chi connectivity index (χ3n) is 3.00. The molecule has 0 saturated carbocycles. The number of alkyl halides is 1. The molecule has 0 aliphatic carbocycles. The Kier molecular flexibility index (Phi) is 3.50. The van der Waals surface area contributed by atoms with Crippen molar-refractivity contribution >= 4 is 0 Å². The van der Waals surface area contributed by atoms with Gasteiger partial charge < -0.3 is 4.57 Å². The van der Waals surface area contributed by atoms with E-state index in [4.69, 9.17) is 0 Å². The summed E-state index contributed by atoms with van der Waals surface area (Å²) in [6.45, 7) is 7.69. The normalized spacial score (nSPS) is 12.7. The average molecular weight is 246 g/mol. The van der Waals surface area contributed by atoms with E-state index in [0.29, 0.717) is 6.42 Å². The predicted molar refractivity (Wildman–Crippen MR) is 72.0 cm³/mol. The fourth-order valence-electron chi connectivity index (χ4n) is 2.26. The van der Waals surface area contributed by atoms with Crippen LogP contribution in [0.3, 0.4) is 0 Å². The zero-order chi connectivity index (χ0) is 13.3. The van der Waals surface area contributed by atoms with Crippen molar-refractivity contribution in [2.45, 2.75) is 40.3 Å². The molecule has 0 amide bonds. The summed E-state index contributed by atoms with van der Waals surface area (Å²) in [6, 6.07) is 8.12. The quantitative estimate of drug-likeness (QED) is 0.807. The monoisotopic (exact) mass is 246 g/mol. The first kappa shape index (κ1) is 12.8. The highest BCUT2D eigenvalue weighted by atomic mass is 19.1. The molecule has 0 saturated heterocycles. The molecule has 0 aliphatic rings. The molecule has 0 aliphatic heterocycles. The predicted octanol–water partition coefficient (Wildman–Crippen LogP) is 3.70. The second-order valence-corrected chi connectivity index (χ2v) is 4.93. The minimum atomic E-state index is -0.862. The fourth-order valence-corrected chi connectivity index (χ4v) is 2.26. The van der Waals surface area contributed by atoms with Gasteiger partial charge in [0, 0.05) is 23.5 Å². The summed E-state index contributed by atoms with van der Waals surface area (Å²) >= 11 is 0. The van der Waals surface area contributed by atoms with Crippen LogP contribution in [0, 0.1) is 20.8 Å². The van der Waals surface area contributed by atoms with Crippen LogP contribution in [0.1, 0.15) is 29.6 Å². The van der Waals surface area contributed by atoms with Gasteiger partial charge in [-0.25, -0.2) is 9.37 Å². The van der Waals surface area contributed by atoms with Gasteiger partial charge in [-0.1, -0.05) is 0 Å². The van der Waals surface area contributed by atoms with Crippen molar-refractivity contribution in [3.8, 4) is 5.82 Å². The highest BCUT2D eigenvalue weighted by Gasteiger charge is 2.09. The van der Waals surface area contributed by atoms with Gasteiger partial charge in [0.25, 0.3) is 0 Å². The van der Waals surface area contributed by atoms with E-state index in [9.17, 15) is 4.39 Å². The Labute approximate surface area is 107 Å². The number of aromatic nitrogens is 2. The molecule has 1 atom stereocenters. The van der Waals surface area contributed by atoms with Crippen LogP contribution in [-0.2, 0) is 6.42 Å². The Bertz CT molecular complexity index is 536. The van der Waals surface area contributed by atoms with Gasteiger partial charge in [-0.2, -0.15) is 0 Å². The lowest BCUT2D eigenvalue weighted by Gasteiger charge is -2.12. The summed E-state index contributed by atoms with van der Waals surface area (Å²) in [6.07, 6.45) is -0.493. The van der Waals surface area contributed by atoms with Gasteiger partial charge in [-0.15, -0.1) is 0 Å². The maximum atomic E-state index is 13.1. The third-order valence-corrected chi connectivity index (χ3v) is 3.00. The van der Waals surface area contributed by atoms with Crippen molar-refractivity contribution < 1.29 is 4.39 Å². The van der Waals surface area contributed by atoms with Gasteiger partial charge >= 0.3 is 0 Å². The Morgan fingerprint density at radius 1 is 1.17 bits per heavy atom. The van der Waals surface area contributed by atoms with Crippen LogP contribution in [0.2, 0.25) is 0 Å². The molecule has 3 heteroatoms. The zero-order valence-corrected chi connectivity index (χ0v) is 11.4. The summed E-state index contributed by atoms with van der Waals surface area (Å²) in [5.74, 6) is 0.880. The molecule has 18 heavy (non-hydrogen) atoms. The van der Waals surface area contributed by atoms with E-state index in [1.54, 1.807) is 6.92 Å². The molecule has 2 aromatic rings. The topological polar surface area (TPSA) is 17.8 Å². The molecule has 0 N–H and O–H groups in total. The van der Waals surface area contributed by atoms with E-state index in [2.05, 4.69) is 35.5 Å². The highest BCUT2D eigenvalue weighted by Crippen LogP contribution is 2.17. The summed E-state index contributed by atoms with van der Waals surface area (Å²) in [7, 11) is 0. The lowest BCUT2D eigenvalue weighted by atomic mass is 10.1. The maximum Gasteiger partial charge on any atom is 0.137 e. The van der Waals surface area contributed by atoms with Crippen LogP contribution in [0.25, 0.3) is 5.82 Å². The molecule has 0 bridgehead atoms. The number of pyridine rings is 1. The number of nitrogens with zero attached hydrogens (tertiary/aromatic N) is 2. The van der Waals surface area contributed by atoms with E-state index in [1.165, 1.54) is 0 Å². The van der Waals surface area contributed by atoms with Crippen LogP contribution in [0.15, 0.2) is 24.3 Å². The molecule has 1 unspecified atom stereocenters. The lowest BCUT2D eigenvalue weighted by molar-refractivity contribution is 0.357. The Balaban J connectivity index is 2.48. The van der Waals surface area contributed by atoms with Gasteiger partial charge in [0.1, 0.15) is 12.0 Å². The minimum absolute atomic E-state index is 0.369. The first-order valence-corrected chi connectivity index (χ1v) is 6.24. The molecular formula is C15H19FN2. The molecule has 0 radical (unpaired) electrons. The molecule has 2 aromatic heterocycles. The Hall–Kier alpha value is -1.64. The van der Waals surface area contributed by atoms with Gasteiger partial charge in [0.15, 0.2) is 0 Å². The Morgan fingerprint density at radius 3 is 2.33 bits per heavy atom. The second kappa shape index (κ2) is 4.92. The van der Waals surface area contributed by atoms with Crippen LogP contribution in [-0.4, -0.2) is 15.7 Å². The number of aryl methyl sites for hydroxylation is 3. The summed E-state index contributed by atoms with van der Waals surface area (Å²) in [5, 5.41) is 0. The van der Waals surface area contributed by atoms with Crippen molar-refractivity contribution in [1.29, 1.82) is 0 Å². The highest BCUT2D eigenvalue weighted by molar-refractivity contribution is 5.35. The smallest absolute Gasteiger partial charge is 0.137 e. The first-order valence-electron chi connectivity index (χ1n) is 6.24. The molecule has 96 valence electrons. The van der Waals surface area contributed by atoms with Gasteiger partial charge in [0.2, 0.25) is 0 Å². The minimum Gasteiger partial charge on any atom is -0.303 e. The van der Waals surface area contributed by atoms with Crippen molar-refractivity contribution in [1.82, 2.24) is 9.55 Å². The van der Waals surface area contributed by atoms with E-state index in [-0.39, 0.29) is 0 Å². The van der Waals surface area contributed by atoms with Crippen molar-refractivity contribution in [2.24, 2.45) is 0 Å².